The average molecular weight is 236 g/mol. The van der Waals surface area contributed by atoms with Crippen LogP contribution in [0.25, 0.3) is 0 Å². The molecule has 0 heterocycles. The van der Waals surface area contributed by atoms with Crippen LogP contribution in [-0.2, 0) is 6.54 Å². The van der Waals surface area contributed by atoms with Gasteiger partial charge >= 0.3 is 0 Å². The lowest BCUT2D eigenvalue weighted by Gasteiger charge is -2.25. The predicted molar refractivity (Wildman–Crippen MR) is 64.0 cm³/mol. The molecule has 0 bridgehead atoms. The van der Waals surface area contributed by atoms with E-state index in [2.05, 4.69) is 5.32 Å². The number of amides is 1. The van der Waals surface area contributed by atoms with Gasteiger partial charge in [-0.1, -0.05) is 12.5 Å². The molecule has 1 aromatic carbocycles. The number of hydrogen-bond acceptors (Lipinski definition) is 2. The standard InChI is InChI=1S/C13H17FN2O/c14-12-6-10(13(15)17)4-5-11(12)8-16-7-9-2-1-3-9/h4-6,9,16H,1-3,7-8H2,(H2,15,17). The van der Waals surface area contributed by atoms with E-state index in [0.29, 0.717) is 12.1 Å². The minimum absolute atomic E-state index is 0.213. The number of primary amides is 1. The summed E-state index contributed by atoms with van der Waals surface area (Å²) in [5, 5.41) is 3.24. The van der Waals surface area contributed by atoms with E-state index in [9.17, 15) is 9.18 Å². The SMILES string of the molecule is NC(=O)c1ccc(CNCC2CCC2)c(F)c1. The van der Waals surface area contributed by atoms with E-state index >= 15 is 0 Å². The lowest BCUT2D eigenvalue weighted by molar-refractivity contribution is 0.1000. The van der Waals surface area contributed by atoms with Gasteiger partial charge in [0, 0.05) is 17.7 Å². The van der Waals surface area contributed by atoms with Gasteiger partial charge in [-0.2, -0.15) is 0 Å². The molecule has 1 aromatic rings. The zero-order valence-electron chi connectivity index (χ0n) is 9.71. The van der Waals surface area contributed by atoms with E-state index in [-0.39, 0.29) is 11.4 Å². The molecule has 1 saturated carbocycles. The quantitative estimate of drug-likeness (QED) is 0.819. The Morgan fingerprint density at radius 1 is 1.47 bits per heavy atom. The first-order valence-electron chi connectivity index (χ1n) is 5.96. The molecule has 0 radical (unpaired) electrons. The highest BCUT2D eigenvalue weighted by molar-refractivity contribution is 5.92. The summed E-state index contributed by atoms with van der Waals surface area (Å²) in [6.45, 7) is 1.44. The van der Waals surface area contributed by atoms with Crippen LogP contribution in [0.3, 0.4) is 0 Å². The van der Waals surface area contributed by atoms with Crippen LogP contribution in [0.1, 0.15) is 35.2 Å². The molecule has 0 aromatic heterocycles. The van der Waals surface area contributed by atoms with Crippen molar-refractivity contribution >= 4 is 5.91 Å². The lowest BCUT2D eigenvalue weighted by Crippen LogP contribution is -2.27. The minimum Gasteiger partial charge on any atom is -0.366 e. The van der Waals surface area contributed by atoms with Crippen LogP contribution >= 0.6 is 0 Å². The molecule has 1 aliphatic rings. The van der Waals surface area contributed by atoms with Gasteiger partial charge in [0.05, 0.1) is 0 Å². The number of carbonyl (C=O) groups excluding carboxylic acids is 1. The Bertz CT molecular complexity index is 416. The third-order valence-corrected chi connectivity index (χ3v) is 3.31. The van der Waals surface area contributed by atoms with Crippen molar-refractivity contribution < 1.29 is 9.18 Å². The third kappa shape index (κ3) is 3.03. The lowest BCUT2D eigenvalue weighted by atomic mass is 9.85. The maximum Gasteiger partial charge on any atom is 0.248 e. The first kappa shape index (κ1) is 12.0. The van der Waals surface area contributed by atoms with Gasteiger partial charge in [-0.15, -0.1) is 0 Å². The van der Waals surface area contributed by atoms with E-state index in [1.807, 2.05) is 0 Å². The summed E-state index contributed by atoms with van der Waals surface area (Å²) in [4.78, 5) is 10.9. The Morgan fingerprint density at radius 2 is 2.24 bits per heavy atom. The fourth-order valence-electron chi connectivity index (χ4n) is 1.95. The molecule has 2 rings (SSSR count). The van der Waals surface area contributed by atoms with Gasteiger partial charge in [-0.25, -0.2) is 4.39 Å². The number of nitrogens with one attached hydrogen (secondary N) is 1. The highest BCUT2D eigenvalue weighted by atomic mass is 19.1. The molecule has 1 amide bonds. The highest BCUT2D eigenvalue weighted by Crippen LogP contribution is 2.25. The molecule has 1 fully saturated rings. The molecule has 3 nitrogen and oxygen atoms in total. The van der Waals surface area contributed by atoms with Gasteiger partial charge in [0.2, 0.25) is 5.91 Å². The van der Waals surface area contributed by atoms with Gasteiger partial charge in [0.15, 0.2) is 0 Å². The minimum atomic E-state index is -0.599. The second-order valence-corrected chi connectivity index (χ2v) is 4.60. The number of hydrogen-bond donors (Lipinski definition) is 2. The fourth-order valence-corrected chi connectivity index (χ4v) is 1.95. The van der Waals surface area contributed by atoms with E-state index in [1.165, 1.54) is 25.3 Å². The maximum atomic E-state index is 13.6. The van der Waals surface area contributed by atoms with Gasteiger partial charge in [-0.05, 0) is 37.4 Å². The van der Waals surface area contributed by atoms with Crippen LogP contribution in [0.4, 0.5) is 4.39 Å². The summed E-state index contributed by atoms with van der Waals surface area (Å²) in [6, 6.07) is 4.37. The largest absolute Gasteiger partial charge is 0.366 e. The van der Waals surface area contributed by atoms with E-state index in [4.69, 9.17) is 5.73 Å². The first-order valence-corrected chi connectivity index (χ1v) is 5.96. The molecule has 0 unspecified atom stereocenters. The number of benzene rings is 1. The molecule has 3 N–H and O–H groups in total. The summed E-state index contributed by atoms with van der Waals surface area (Å²) in [7, 11) is 0. The Morgan fingerprint density at radius 3 is 2.76 bits per heavy atom. The van der Waals surface area contributed by atoms with E-state index < -0.39 is 5.91 Å². The normalized spacial score (nSPS) is 15.6. The fraction of sp³-hybridized carbons (Fsp3) is 0.462. The smallest absolute Gasteiger partial charge is 0.248 e. The Labute approximate surface area is 100 Å². The summed E-state index contributed by atoms with van der Waals surface area (Å²) < 4.78 is 13.6. The average Bonchev–Trinajstić information content (AvgIpc) is 2.23. The van der Waals surface area contributed by atoms with Crippen molar-refractivity contribution in [1.82, 2.24) is 5.32 Å². The Hall–Kier alpha value is -1.42. The van der Waals surface area contributed by atoms with E-state index in [0.717, 1.165) is 12.5 Å². The van der Waals surface area contributed by atoms with Crippen LogP contribution in [0.2, 0.25) is 0 Å². The van der Waals surface area contributed by atoms with Crippen molar-refractivity contribution in [2.45, 2.75) is 25.8 Å². The zero-order chi connectivity index (χ0) is 12.3. The van der Waals surface area contributed by atoms with Gasteiger partial charge in [-0.3, -0.25) is 4.79 Å². The molecular weight excluding hydrogens is 219 g/mol. The van der Waals surface area contributed by atoms with Crippen LogP contribution in [0.5, 0.6) is 0 Å². The van der Waals surface area contributed by atoms with Crippen LogP contribution in [0, 0.1) is 11.7 Å². The van der Waals surface area contributed by atoms with Gasteiger partial charge < -0.3 is 11.1 Å². The van der Waals surface area contributed by atoms with Gasteiger partial charge in [0.25, 0.3) is 0 Å². The molecule has 1 aliphatic carbocycles. The zero-order valence-corrected chi connectivity index (χ0v) is 9.71. The molecule has 4 heteroatoms. The highest BCUT2D eigenvalue weighted by Gasteiger charge is 2.16. The number of rotatable bonds is 5. The second kappa shape index (κ2) is 5.27. The monoisotopic (exact) mass is 236 g/mol. The molecule has 92 valence electrons. The number of carbonyl (C=O) groups is 1. The summed E-state index contributed by atoms with van der Waals surface area (Å²) in [6.07, 6.45) is 3.86. The first-order chi connectivity index (χ1) is 8.16. The third-order valence-electron chi connectivity index (χ3n) is 3.31. The molecule has 0 atom stereocenters. The van der Waals surface area contributed by atoms with Crippen molar-refractivity contribution in [3.63, 3.8) is 0 Å². The van der Waals surface area contributed by atoms with E-state index in [1.54, 1.807) is 12.1 Å². The van der Waals surface area contributed by atoms with Crippen molar-refractivity contribution in [1.29, 1.82) is 0 Å². The topological polar surface area (TPSA) is 55.1 Å². The second-order valence-electron chi connectivity index (χ2n) is 4.60. The Balaban J connectivity index is 1.89. The number of nitrogens with two attached hydrogens (primary N) is 1. The molecule has 0 saturated heterocycles. The Kier molecular flexibility index (Phi) is 3.74. The van der Waals surface area contributed by atoms with Crippen molar-refractivity contribution in [3.8, 4) is 0 Å². The summed E-state index contributed by atoms with van der Waals surface area (Å²) >= 11 is 0. The van der Waals surface area contributed by atoms with Crippen molar-refractivity contribution in [3.05, 3.63) is 35.1 Å². The molecule has 0 aliphatic heterocycles. The summed E-state index contributed by atoms with van der Waals surface area (Å²) in [5.41, 5.74) is 5.87. The van der Waals surface area contributed by atoms with Gasteiger partial charge in [0.1, 0.15) is 5.82 Å². The maximum absolute atomic E-state index is 13.6. The van der Waals surface area contributed by atoms with Crippen LogP contribution < -0.4 is 11.1 Å². The molecular formula is C13H17FN2O. The van der Waals surface area contributed by atoms with Crippen LogP contribution in [-0.4, -0.2) is 12.5 Å². The molecule has 17 heavy (non-hydrogen) atoms. The summed E-state index contributed by atoms with van der Waals surface area (Å²) in [5.74, 6) is -0.219. The predicted octanol–water partition coefficient (Wildman–Crippen LogP) is 1.81. The van der Waals surface area contributed by atoms with Crippen molar-refractivity contribution in [2.75, 3.05) is 6.54 Å². The number of halogens is 1. The van der Waals surface area contributed by atoms with Crippen molar-refractivity contribution in [2.24, 2.45) is 11.7 Å². The van der Waals surface area contributed by atoms with Crippen LogP contribution in [0.15, 0.2) is 18.2 Å². The molecule has 0 spiro atoms.